The lowest BCUT2D eigenvalue weighted by molar-refractivity contribution is 0.194. The maximum Gasteiger partial charge on any atom is 0.321 e. The van der Waals surface area contributed by atoms with Crippen LogP contribution >= 0.6 is 0 Å². The minimum absolute atomic E-state index is 0.108. The number of imidazole rings is 1. The third-order valence-corrected chi connectivity index (χ3v) is 5.00. The van der Waals surface area contributed by atoms with Crippen LogP contribution in [0.15, 0.2) is 53.8 Å². The van der Waals surface area contributed by atoms with Gasteiger partial charge in [-0.3, -0.25) is 4.79 Å². The highest BCUT2D eigenvalue weighted by atomic mass is 16.2. The Bertz CT molecular complexity index is 1000. The van der Waals surface area contributed by atoms with E-state index in [1.807, 2.05) is 35.0 Å². The van der Waals surface area contributed by atoms with E-state index in [2.05, 4.69) is 20.3 Å². The Morgan fingerprint density at radius 3 is 2.61 bits per heavy atom. The van der Waals surface area contributed by atoms with Gasteiger partial charge in [0.15, 0.2) is 0 Å². The largest absolute Gasteiger partial charge is 0.324 e. The molecule has 0 aliphatic carbocycles. The maximum atomic E-state index is 12.6. The smallest absolute Gasteiger partial charge is 0.321 e. The van der Waals surface area contributed by atoms with Gasteiger partial charge in [-0.25, -0.2) is 14.8 Å². The van der Waals surface area contributed by atoms with Gasteiger partial charge in [-0.1, -0.05) is 0 Å². The van der Waals surface area contributed by atoms with E-state index in [9.17, 15) is 9.59 Å². The minimum Gasteiger partial charge on any atom is -0.324 e. The molecule has 0 radical (unpaired) electrons. The number of likely N-dealkylation sites (tertiary alicyclic amines) is 1. The molecule has 1 aromatic carbocycles. The molecule has 2 N–H and O–H groups in total. The van der Waals surface area contributed by atoms with Gasteiger partial charge < -0.3 is 19.8 Å². The van der Waals surface area contributed by atoms with Crippen LogP contribution in [0.1, 0.15) is 30.3 Å². The lowest BCUT2D eigenvalue weighted by Crippen LogP contribution is -2.40. The monoisotopic (exact) mass is 378 g/mol. The molecule has 4 rings (SSSR count). The zero-order valence-electron chi connectivity index (χ0n) is 15.6. The Morgan fingerprint density at radius 1 is 1.21 bits per heavy atom. The molecule has 1 aliphatic heterocycles. The summed E-state index contributed by atoms with van der Waals surface area (Å²) in [6.07, 6.45) is 6.91. The SMILES string of the molecule is Cc1nc(C2CCN(C(=O)Nc3ccc(-n4ccnc4)cc3)CC2)cc(=O)[nH]1. The molecule has 0 spiro atoms. The Kier molecular flexibility index (Phi) is 4.92. The third-order valence-electron chi connectivity index (χ3n) is 5.00. The maximum absolute atomic E-state index is 12.6. The summed E-state index contributed by atoms with van der Waals surface area (Å²) in [5.41, 5.74) is 2.43. The fourth-order valence-corrected chi connectivity index (χ4v) is 3.52. The molecule has 2 aromatic heterocycles. The lowest BCUT2D eigenvalue weighted by Gasteiger charge is -2.31. The number of rotatable bonds is 3. The van der Waals surface area contributed by atoms with Crippen molar-refractivity contribution in [3.63, 3.8) is 0 Å². The number of aromatic amines is 1. The topological polar surface area (TPSA) is 95.9 Å². The number of nitrogens with zero attached hydrogens (tertiary/aromatic N) is 4. The molecule has 0 saturated carbocycles. The number of anilines is 1. The molecule has 1 aliphatic rings. The normalized spacial score (nSPS) is 14.8. The highest BCUT2D eigenvalue weighted by Crippen LogP contribution is 2.26. The number of benzene rings is 1. The Labute approximate surface area is 162 Å². The zero-order chi connectivity index (χ0) is 19.5. The van der Waals surface area contributed by atoms with Crippen LogP contribution in [0.3, 0.4) is 0 Å². The minimum atomic E-state index is -0.123. The van der Waals surface area contributed by atoms with Crippen molar-refractivity contribution >= 4 is 11.7 Å². The van der Waals surface area contributed by atoms with E-state index in [4.69, 9.17) is 0 Å². The van der Waals surface area contributed by atoms with Crippen LogP contribution in [0.4, 0.5) is 10.5 Å². The van der Waals surface area contributed by atoms with Crippen LogP contribution in [0.5, 0.6) is 0 Å². The van der Waals surface area contributed by atoms with E-state index < -0.39 is 0 Å². The van der Waals surface area contributed by atoms with E-state index in [-0.39, 0.29) is 17.5 Å². The van der Waals surface area contributed by atoms with Crippen LogP contribution < -0.4 is 10.9 Å². The van der Waals surface area contributed by atoms with Crippen molar-refractivity contribution in [3.05, 3.63) is 70.9 Å². The van der Waals surface area contributed by atoms with Crippen molar-refractivity contribution in [2.75, 3.05) is 18.4 Å². The molecule has 2 amide bonds. The first-order chi connectivity index (χ1) is 13.6. The second kappa shape index (κ2) is 7.67. The van der Waals surface area contributed by atoms with E-state index in [0.717, 1.165) is 29.9 Å². The van der Waals surface area contributed by atoms with Crippen molar-refractivity contribution in [3.8, 4) is 5.69 Å². The first kappa shape index (κ1) is 18.0. The summed E-state index contributed by atoms with van der Waals surface area (Å²) < 4.78 is 1.90. The molecule has 0 unspecified atom stereocenters. The zero-order valence-corrected chi connectivity index (χ0v) is 15.6. The first-order valence-electron chi connectivity index (χ1n) is 9.31. The molecule has 3 aromatic rings. The van der Waals surface area contributed by atoms with Gasteiger partial charge in [-0.2, -0.15) is 0 Å². The number of urea groups is 1. The molecular weight excluding hydrogens is 356 g/mol. The van der Waals surface area contributed by atoms with Gasteiger partial charge in [0, 0.05) is 48.8 Å². The van der Waals surface area contributed by atoms with Gasteiger partial charge in [-0.15, -0.1) is 0 Å². The van der Waals surface area contributed by atoms with Crippen molar-refractivity contribution in [1.82, 2.24) is 24.4 Å². The summed E-state index contributed by atoms with van der Waals surface area (Å²) in [5, 5.41) is 2.95. The molecule has 1 saturated heterocycles. The van der Waals surface area contributed by atoms with Crippen molar-refractivity contribution in [1.29, 1.82) is 0 Å². The number of carbonyl (C=O) groups is 1. The van der Waals surface area contributed by atoms with Crippen LogP contribution in [0, 0.1) is 6.92 Å². The highest BCUT2D eigenvalue weighted by Gasteiger charge is 2.25. The molecule has 8 nitrogen and oxygen atoms in total. The lowest BCUT2D eigenvalue weighted by atomic mass is 9.93. The number of hydrogen-bond donors (Lipinski definition) is 2. The molecule has 0 bridgehead atoms. The van der Waals surface area contributed by atoms with E-state index in [0.29, 0.717) is 18.9 Å². The number of carbonyl (C=O) groups excluding carboxylic acids is 1. The van der Waals surface area contributed by atoms with E-state index >= 15 is 0 Å². The van der Waals surface area contributed by atoms with Crippen molar-refractivity contribution in [2.45, 2.75) is 25.7 Å². The number of amides is 2. The summed E-state index contributed by atoms with van der Waals surface area (Å²) in [5.74, 6) is 0.835. The molecule has 1 fully saturated rings. The summed E-state index contributed by atoms with van der Waals surface area (Å²) >= 11 is 0. The third kappa shape index (κ3) is 3.95. The van der Waals surface area contributed by atoms with Gasteiger partial charge in [0.05, 0.1) is 12.0 Å². The molecule has 3 heterocycles. The van der Waals surface area contributed by atoms with Gasteiger partial charge in [0.25, 0.3) is 5.56 Å². The second-order valence-electron chi connectivity index (χ2n) is 6.96. The highest BCUT2D eigenvalue weighted by molar-refractivity contribution is 5.89. The Morgan fingerprint density at radius 2 is 1.96 bits per heavy atom. The molecule has 0 atom stereocenters. The molecule has 8 heteroatoms. The Hall–Kier alpha value is -3.42. The molecule has 28 heavy (non-hydrogen) atoms. The number of aromatic nitrogens is 4. The Balaban J connectivity index is 1.34. The number of nitrogens with one attached hydrogen (secondary N) is 2. The average molecular weight is 378 g/mol. The van der Waals surface area contributed by atoms with Gasteiger partial charge in [0.2, 0.25) is 0 Å². The number of H-pyrrole nitrogens is 1. The molecule has 144 valence electrons. The van der Waals surface area contributed by atoms with Gasteiger partial charge >= 0.3 is 6.03 Å². The second-order valence-corrected chi connectivity index (χ2v) is 6.96. The van der Waals surface area contributed by atoms with E-state index in [1.54, 1.807) is 30.4 Å². The first-order valence-corrected chi connectivity index (χ1v) is 9.31. The summed E-state index contributed by atoms with van der Waals surface area (Å²) in [6.45, 7) is 3.06. The fourth-order valence-electron chi connectivity index (χ4n) is 3.52. The quantitative estimate of drug-likeness (QED) is 0.732. The fraction of sp³-hybridized carbons (Fsp3) is 0.300. The van der Waals surface area contributed by atoms with Gasteiger partial charge in [-0.05, 0) is 44.0 Å². The van der Waals surface area contributed by atoms with Crippen LogP contribution in [-0.4, -0.2) is 43.5 Å². The summed E-state index contributed by atoms with van der Waals surface area (Å²) in [6, 6.07) is 9.08. The predicted octanol–water partition coefficient (Wildman–Crippen LogP) is 2.68. The summed E-state index contributed by atoms with van der Waals surface area (Å²) in [4.78, 5) is 37.2. The standard InChI is InChI=1S/C20H22N6O2/c1-14-22-18(12-19(27)23-14)15-6-9-25(10-7-15)20(28)24-16-2-4-17(5-3-16)26-11-8-21-13-26/h2-5,8,11-13,15H,6-7,9-10H2,1H3,(H,24,28)(H,22,23,27). The predicted molar refractivity (Wildman–Crippen MR) is 106 cm³/mol. The number of aryl methyl sites for hydroxylation is 1. The van der Waals surface area contributed by atoms with Crippen LogP contribution in [-0.2, 0) is 0 Å². The van der Waals surface area contributed by atoms with Crippen LogP contribution in [0.25, 0.3) is 5.69 Å². The molecular formula is C20H22N6O2. The van der Waals surface area contributed by atoms with E-state index in [1.165, 1.54) is 0 Å². The number of piperidine rings is 1. The summed E-state index contributed by atoms with van der Waals surface area (Å²) in [7, 11) is 0. The average Bonchev–Trinajstić information content (AvgIpc) is 3.23. The van der Waals surface area contributed by atoms with Gasteiger partial charge in [0.1, 0.15) is 5.82 Å². The van der Waals surface area contributed by atoms with Crippen LogP contribution in [0.2, 0.25) is 0 Å². The van der Waals surface area contributed by atoms with Crippen molar-refractivity contribution < 1.29 is 4.79 Å². The van der Waals surface area contributed by atoms with Crippen molar-refractivity contribution in [2.24, 2.45) is 0 Å². The number of hydrogen-bond acceptors (Lipinski definition) is 4.